The van der Waals surface area contributed by atoms with Crippen LogP contribution in [0.4, 0.5) is 0 Å². The third kappa shape index (κ3) is 1.60. The van der Waals surface area contributed by atoms with Gasteiger partial charge in [-0.3, -0.25) is 0 Å². The highest BCUT2D eigenvalue weighted by molar-refractivity contribution is 4.89. The van der Waals surface area contributed by atoms with Gasteiger partial charge in [-0.2, -0.15) is 0 Å². The van der Waals surface area contributed by atoms with Crippen LogP contribution in [-0.2, 0) is 9.47 Å². The fourth-order valence-electron chi connectivity index (χ4n) is 1.26. The number of rotatable bonds is 1. The van der Waals surface area contributed by atoms with Crippen LogP contribution < -0.4 is 5.73 Å². The molecule has 0 amide bonds. The summed E-state index contributed by atoms with van der Waals surface area (Å²) < 4.78 is 10.0. The lowest BCUT2D eigenvalue weighted by Crippen LogP contribution is -2.60. The third-order valence-corrected chi connectivity index (χ3v) is 2.12. The van der Waals surface area contributed by atoms with Crippen molar-refractivity contribution in [3.8, 4) is 0 Å². The van der Waals surface area contributed by atoms with Crippen LogP contribution in [0, 0.1) is 0 Å². The number of aliphatic hydroxyl groups excluding tert-OH is 2. The molecule has 1 aliphatic heterocycles. The molecule has 5 heteroatoms. The van der Waals surface area contributed by atoms with Gasteiger partial charge in [0.2, 0.25) is 0 Å². The summed E-state index contributed by atoms with van der Waals surface area (Å²) in [5, 5.41) is 18.7. The Kier molecular flexibility index (Phi) is 3.03. The summed E-state index contributed by atoms with van der Waals surface area (Å²) in [4.78, 5) is 0. The molecule has 0 bridgehead atoms. The molecule has 0 spiro atoms. The largest absolute Gasteiger partial charge is 0.388 e. The monoisotopic (exact) mass is 177 g/mol. The fraction of sp³-hybridized carbons (Fsp3) is 1.00. The SMILES string of the molecule is CO[C@H]1O[C@@H](C)[C@H](O)[C@H](O)[C@H]1N. The van der Waals surface area contributed by atoms with Gasteiger partial charge in [0, 0.05) is 7.11 Å². The highest BCUT2D eigenvalue weighted by Crippen LogP contribution is 2.19. The molecule has 4 N–H and O–H groups in total. The van der Waals surface area contributed by atoms with E-state index in [0.717, 1.165) is 0 Å². The number of methoxy groups -OCH3 is 1. The maximum Gasteiger partial charge on any atom is 0.175 e. The van der Waals surface area contributed by atoms with Gasteiger partial charge in [0.25, 0.3) is 0 Å². The molecule has 0 aromatic carbocycles. The number of hydrogen-bond donors (Lipinski definition) is 3. The molecule has 0 radical (unpaired) electrons. The van der Waals surface area contributed by atoms with Crippen molar-refractivity contribution >= 4 is 0 Å². The first-order chi connectivity index (χ1) is 5.57. The first-order valence-electron chi connectivity index (χ1n) is 3.88. The van der Waals surface area contributed by atoms with E-state index < -0.39 is 30.6 Å². The Morgan fingerprint density at radius 3 is 2.42 bits per heavy atom. The smallest absolute Gasteiger partial charge is 0.175 e. The molecule has 1 heterocycles. The van der Waals surface area contributed by atoms with Crippen LogP contribution in [-0.4, -0.2) is 48.0 Å². The quantitative estimate of drug-likeness (QED) is 0.450. The molecule has 72 valence electrons. The van der Waals surface area contributed by atoms with Crippen molar-refractivity contribution in [2.75, 3.05) is 7.11 Å². The first kappa shape index (κ1) is 9.88. The summed E-state index contributed by atoms with van der Waals surface area (Å²) >= 11 is 0. The van der Waals surface area contributed by atoms with Crippen molar-refractivity contribution < 1.29 is 19.7 Å². The zero-order valence-electron chi connectivity index (χ0n) is 7.18. The standard InChI is InChI=1S/C7H15NO4/c1-3-5(9)6(10)4(8)7(11-2)12-3/h3-7,9-10H,8H2,1-2H3/t3-,4+,5-,6+,7-/m0/s1. The second-order valence-electron chi connectivity index (χ2n) is 3.00. The summed E-state index contributed by atoms with van der Waals surface area (Å²) in [7, 11) is 1.45. The topological polar surface area (TPSA) is 84.9 Å². The van der Waals surface area contributed by atoms with E-state index in [0.29, 0.717) is 0 Å². The van der Waals surface area contributed by atoms with E-state index in [1.165, 1.54) is 7.11 Å². The third-order valence-electron chi connectivity index (χ3n) is 2.12. The molecule has 1 fully saturated rings. The molecule has 12 heavy (non-hydrogen) atoms. The van der Waals surface area contributed by atoms with Crippen molar-refractivity contribution in [1.82, 2.24) is 0 Å². The van der Waals surface area contributed by atoms with Crippen LogP contribution in [0.15, 0.2) is 0 Å². The first-order valence-corrected chi connectivity index (χ1v) is 3.88. The van der Waals surface area contributed by atoms with Crippen molar-refractivity contribution in [2.45, 2.75) is 37.6 Å². The summed E-state index contributed by atoms with van der Waals surface area (Å²) in [6.45, 7) is 1.66. The Balaban J connectivity index is 2.63. The highest BCUT2D eigenvalue weighted by Gasteiger charge is 2.40. The van der Waals surface area contributed by atoms with Gasteiger partial charge in [-0.05, 0) is 6.92 Å². The lowest BCUT2D eigenvalue weighted by molar-refractivity contribution is -0.246. The highest BCUT2D eigenvalue weighted by atomic mass is 16.7. The number of ether oxygens (including phenoxy) is 2. The number of nitrogens with two attached hydrogens (primary N) is 1. The van der Waals surface area contributed by atoms with Gasteiger partial charge in [-0.1, -0.05) is 0 Å². The maximum atomic E-state index is 9.38. The number of hydrogen-bond acceptors (Lipinski definition) is 5. The minimum Gasteiger partial charge on any atom is -0.388 e. The molecule has 0 aromatic rings. The van der Waals surface area contributed by atoms with E-state index in [9.17, 15) is 10.2 Å². The Morgan fingerprint density at radius 2 is 1.92 bits per heavy atom. The minimum atomic E-state index is -0.987. The van der Waals surface area contributed by atoms with Crippen LogP contribution >= 0.6 is 0 Å². The molecule has 0 aliphatic carbocycles. The molecule has 0 aromatic heterocycles. The van der Waals surface area contributed by atoms with Crippen molar-refractivity contribution in [1.29, 1.82) is 0 Å². The Hall–Kier alpha value is -0.200. The van der Waals surface area contributed by atoms with Gasteiger partial charge >= 0.3 is 0 Å². The average Bonchev–Trinajstić information content (AvgIpc) is 2.08. The van der Waals surface area contributed by atoms with Gasteiger partial charge in [-0.25, -0.2) is 0 Å². The molecule has 5 nitrogen and oxygen atoms in total. The Morgan fingerprint density at radius 1 is 1.33 bits per heavy atom. The predicted molar refractivity (Wildman–Crippen MR) is 41.3 cm³/mol. The van der Waals surface area contributed by atoms with Gasteiger partial charge in [0.05, 0.1) is 12.1 Å². The summed E-state index contributed by atoms with van der Waals surface area (Å²) in [5.41, 5.74) is 5.53. The molecule has 0 unspecified atom stereocenters. The summed E-state index contributed by atoms with van der Waals surface area (Å²) in [6.07, 6.45) is -3.02. The fourth-order valence-corrected chi connectivity index (χ4v) is 1.26. The van der Waals surface area contributed by atoms with Crippen molar-refractivity contribution in [2.24, 2.45) is 5.73 Å². The lowest BCUT2D eigenvalue weighted by atomic mass is 9.98. The van der Waals surface area contributed by atoms with E-state index in [4.69, 9.17) is 15.2 Å². The predicted octanol–water partition coefficient (Wildman–Crippen LogP) is -1.57. The van der Waals surface area contributed by atoms with Crippen LogP contribution in [0.25, 0.3) is 0 Å². The maximum absolute atomic E-state index is 9.38. The molecular formula is C7H15NO4. The van der Waals surface area contributed by atoms with Gasteiger partial charge in [-0.15, -0.1) is 0 Å². The van der Waals surface area contributed by atoms with E-state index >= 15 is 0 Å². The second kappa shape index (κ2) is 3.68. The second-order valence-corrected chi connectivity index (χ2v) is 3.00. The molecule has 5 atom stereocenters. The zero-order chi connectivity index (χ0) is 9.30. The van der Waals surface area contributed by atoms with E-state index in [1.807, 2.05) is 0 Å². The number of aliphatic hydroxyl groups is 2. The van der Waals surface area contributed by atoms with Gasteiger partial charge in [0.15, 0.2) is 6.29 Å². The van der Waals surface area contributed by atoms with Crippen LogP contribution in [0.2, 0.25) is 0 Å². The summed E-state index contributed by atoms with van der Waals surface area (Å²) in [5.74, 6) is 0. The molecule has 1 rings (SSSR count). The van der Waals surface area contributed by atoms with Crippen LogP contribution in [0.1, 0.15) is 6.92 Å². The molecule has 1 aliphatic rings. The Labute approximate surface area is 71.1 Å². The van der Waals surface area contributed by atoms with Crippen LogP contribution in [0.5, 0.6) is 0 Å². The summed E-state index contributed by atoms with van der Waals surface area (Å²) in [6, 6.07) is -0.693. The van der Waals surface area contributed by atoms with E-state index in [1.54, 1.807) is 6.92 Å². The average molecular weight is 177 g/mol. The minimum absolute atomic E-state index is 0.454. The molecule has 0 saturated carbocycles. The van der Waals surface area contributed by atoms with Gasteiger partial charge in [0.1, 0.15) is 12.2 Å². The lowest BCUT2D eigenvalue weighted by Gasteiger charge is -2.39. The van der Waals surface area contributed by atoms with E-state index in [-0.39, 0.29) is 0 Å². The normalized spacial score (nSPS) is 49.2. The molecule has 1 saturated heterocycles. The van der Waals surface area contributed by atoms with Crippen molar-refractivity contribution in [3.63, 3.8) is 0 Å². The van der Waals surface area contributed by atoms with E-state index in [2.05, 4.69) is 0 Å². The molecular weight excluding hydrogens is 162 g/mol. The zero-order valence-corrected chi connectivity index (χ0v) is 7.18. The Bertz CT molecular complexity index is 150. The van der Waals surface area contributed by atoms with Crippen LogP contribution in [0.3, 0.4) is 0 Å². The van der Waals surface area contributed by atoms with Gasteiger partial charge < -0.3 is 25.4 Å². The van der Waals surface area contributed by atoms with Crippen molar-refractivity contribution in [3.05, 3.63) is 0 Å².